The average Bonchev–Trinajstić information content (AvgIpc) is 3.04. The maximum Gasteiger partial charge on any atom is 0.124 e. The number of hydrogen-bond acceptors (Lipinski definition) is 3. The van der Waals surface area contributed by atoms with Gasteiger partial charge >= 0.3 is 0 Å². The summed E-state index contributed by atoms with van der Waals surface area (Å²) in [5.41, 5.74) is 7.23. The Balaban J connectivity index is 2.02. The Morgan fingerprint density at radius 2 is 1.95 bits per heavy atom. The summed E-state index contributed by atoms with van der Waals surface area (Å²) < 4.78 is 5.59. The van der Waals surface area contributed by atoms with Crippen molar-refractivity contribution < 1.29 is 4.74 Å². The van der Waals surface area contributed by atoms with Crippen molar-refractivity contribution in [3.05, 3.63) is 54.1 Å². The van der Waals surface area contributed by atoms with Crippen molar-refractivity contribution in [1.82, 2.24) is 5.32 Å². The van der Waals surface area contributed by atoms with Crippen molar-refractivity contribution >= 4 is 10.8 Å². The zero-order valence-electron chi connectivity index (χ0n) is 12.4. The summed E-state index contributed by atoms with van der Waals surface area (Å²) in [5, 5.41) is 6.12. The fraction of sp³-hybridized carbons (Fsp3) is 0.333. The second-order valence-electron chi connectivity index (χ2n) is 5.50. The predicted molar refractivity (Wildman–Crippen MR) is 87.6 cm³/mol. The number of methoxy groups -OCH3 is 1. The van der Waals surface area contributed by atoms with Gasteiger partial charge in [0.2, 0.25) is 0 Å². The van der Waals surface area contributed by atoms with Gasteiger partial charge < -0.3 is 15.8 Å². The monoisotopic (exact) mass is 282 g/mol. The molecule has 0 radical (unpaired) electrons. The molecule has 1 unspecified atom stereocenters. The number of nitrogens with two attached hydrogens (primary N) is 1. The van der Waals surface area contributed by atoms with Gasteiger partial charge in [-0.3, -0.25) is 0 Å². The third kappa shape index (κ3) is 2.80. The van der Waals surface area contributed by atoms with Crippen LogP contribution in [0.4, 0.5) is 0 Å². The number of rotatable bonds is 5. The van der Waals surface area contributed by atoms with Crippen LogP contribution >= 0.6 is 0 Å². The minimum absolute atomic E-state index is 0.107. The first kappa shape index (κ1) is 14.1. The van der Waals surface area contributed by atoms with Crippen LogP contribution in [0.3, 0.4) is 0 Å². The van der Waals surface area contributed by atoms with E-state index in [-0.39, 0.29) is 6.04 Å². The molecule has 0 saturated carbocycles. The van der Waals surface area contributed by atoms with Crippen molar-refractivity contribution in [2.24, 2.45) is 5.73 Å². The first-order chi connectivity index (χ1) is 10.3. The molecular weight excluding hydrogens is 260 g/mol. The molecule has 1 atom stereocenters. The topological polar surface area (TPSA) is 47.3 Å². The fourth-order valence-corrected chi connectivity index (χ4v) is 3.12. The summed E-state index contributed by atoms with van der Waals surface area (Å²) in [7, 11) is 1.72. The number of benzene rings is 2. The molecule has 21 heavy (non-hydrogen) atoms. The Morgan fingerprint density at radius 1 is 1.19 bits per heavy atom. The molecule has 1 aliphatic carbocycles. The Labute approximate surface area is 125 Å². The third-order valence-electron chi connectivity index (χ3n) is 4.18. The van der Waals surface area contributed by atoms with Crippen LogP contribution in [0, 0.1) is 0 Å². The van der Waals surface area contributed by atoms with Gasteiger partial charge in [0.25, 0.3) is 0 Å². The van der Waals surface area contributed by atoms with Crippen molar-refractivity contribution in [2.75, 3.05) is 13.7 Å². The first-order valence-corrected chi connectivity index (χ1v) is 7.50. The number of fused-ring (bicyclic) bond motifs is 1. The second kappa shape index (κ2) is 6.29. The highest BCUT2D eigenvalue weighted by molar-refractivity contribution is 5.88. The Kier molecular flexibility index (Phi) is 4.23. The molecule has 2 aromatic carbocycles. The molecule has 0 bridgehead atoms. The highest BCUT2D eigenvalue weighted by Gasteiger charge is 2.21. The molecule has 3 nitrogen and oxygen atoms in total. The normalized spacial score (nSPS) is 16.5. The predicted octanol–water partition coefficient (Wildman–Crippen LogP) is 3.16. The van der Waals surface area contributed by atoms with E-state index in [1.54, 1.807) is 7.11 Å². The van der Waals surface area contributed by atoms with Gasteiger partial charge in [-0.2, -0.15) is 0 Å². The van der Waals surface area contributed by atoms with Crippen LogP contribution in [0.25, 0.3) is 10.8 Å². The lowest BCUT2D eigenvalue weighted by molar-refractivity contribution is 0.391. The lowest BCUT2D eigenvalue weighted by Gasteiger charge is -2.25. The molecule has 0 spiro atoms. The zero-order chi connectivity index (χ0) is 14.7. The first-order valence-electron chi connectivity index (χ1n) is 7.50. The molecule has 3 N–H and O–H groups in total. The highest BCUT2D eigenvalue weighted by atomic mass is 16.5. The lowest BCUT2D eigenvalue weighted by atomic mass is 9.96. The highest BCUT2D eigenvalue weighted by Crippen LogP contribution is 2.33. The van der Waals surface area contributed by atoms with Crippen molar-refractivity contribution in [3.8, 4) is 5.75 Å². The van der Waals surface area contributed by atoms with E-state index in [9.17, 15) is 0 Å². The van der Waals surface area contributed by atoms with Gasteiger partial charge in [-0.1, -0.05) is 42.5 Å². The van der Waals surface area contributed by atoms with E-state index < -0.39 is 0 Å². The van der Waals surface area contributed by atoms with Crippen molar-refractivity contribution in [3.63, 3.8) is 0 Å². The molecule has 2 aromatic rings. The van der Waals surface area contributed by atoms with Gasteiger partial charge in [0.1, 0.15) is 5.75 Å². The molecule has 0 heterocycles. The van der Waals surface area contributed by atoms with Crippen LogP contribution in [-0.4, -0.2) is 19.7 Å². The van der Waals surface area contributed by atoms with Gasteiger partial charge in [-0.25, -0.2) is 0 Å². The smallest absolute Gasteiger partial charge is 0.124 e. The largest absolute Gasteiger partial charge is 0.496 e. The number of nitrogens with one attached hydrogen (secondary N) is 1. The Hall–Kier alpha value is -1.84. The number of ether oxygens (including phenoxy) is 1. The molecule has 0 amide bonds. The molecule has 0 saturated heterocycles. The van der Waals surface area contributed by atoms with Gasteiger partial charge in [0.15, 0.2) is 0 Å². The van der Waals surface area contributed by atoms with E-state index in [4.69, 9.17) is 10.5 Å². The Bertz CT molecular complexity index is 643. The molecule has 110 valence electrons. The summed E-state index contributed by atoms with van der Waals surface area (Å²) in [4.78, 5) is 0. The van der Waals surface area contributed by atoms with Crippen molar-refractivity contribution in [1.29, 1.82) is 0 Å². The Morgan fingerprint density at radius 3 is 2.67 bits per heavy atom. The quantitative estimate of drug-likeness (QED) is 0.828. The van der Waals surface area contributed by atoms with Crippen LogP contribution < -0.4 is 15.8 Å². The maximum absolute atomic E-state index is 6.06. The third-order valence-corrected chi connectivity index (χ3v) is 4.18. The standard InChI is InChI=1S/C18H22N2O/c1-21-17-11-10-13-6-2-5-9-15(13)18(17)16(12-19)20-14-7-3-4-8-14/h2-6,9-11,14,16,20H,7-8,12,19H2,1H3. The van der Waals surface area contributed by atoms with Gasteiger partial charge in [-0.15, -0.1) is 0 Å². The minimum atomic E-state index is 0.107. The van der Waals surface area contributed by atoms with E-state index in [1.807, 2.05) is 6.07 Å². The summed E-state index contributed by atoms with van der Waals surface area (Å²) in [6.45, 7) is 0.556. The lowest BCUT2D eigenvalue weighted by Crippen LogP contribution is -2.35. The summed E-state index contributed by atoms with van der Waals surface area (Å²) in [6.07, 6.45) is 6.60. The van der Waals surface area contributed by atoms with E-state index in [0.717, 1.165) is 18.6 Å². The average molecular weight is 282 g/mol. The molecular formula is C18H22N2O. The molecule has 0 aromatic heterocycles. The van der Waals surface area contributed by atoms with E-state index in [1.165, 1.54) is 16.3 Å². The molecule has 3 heteroatoms. The van der Waals surface area contributed by atoms with Crippen LogP contribution in [0.2, 0.25) is 0 Å². The number of hydrogen-bond donors (Lipinski definition) is 2. The zero-order valence-corrected chi connectivity index (χ0v) is 12.4. The van der Waals surface area contributed by atoms with Crippen LogP contribution in [0.5, 0.6) is 5.75 Å². The second-order valence-corrected chi connectivity index (χ2v) is 5.50. The van der Waals surface area contributed by atoms with E-state index in [2.05, 4.69) is 47.8 Å². The SMILES string of the molecule is COc1ccc2ccccc2c1C(CN)NC1CC=CC1. The molecule has 0 fully saturated rings. The minimum Gasteiger partial charge on any atom is -0.496 e. The molecule has 3 rings (SSSR count). The summed E-state index contributed by atoms with van der Waals surface area (Å²) in [5.74, 6) is 0.905. The summed E-state index contributed by atoms with van der Waals surface area (Å²) >= 11 is 0. The van der Waals surface area contributed by atoms with Crippen LogP contribution in [0.15, 0.2) is 48.6 Å². The van der Waals surface area contributed by atoms with Crippen molar-refractivity contribution in [2.45, 2.75) is 24.9 Å². The van der Waals surface area contributed by atoms with E-state index in [0.29, 0.717) is 12.6 Å². The van der Waals surface area contributed by atoms with E-state index >= 15 is 0 Å². The molecule has 1 aliphatic rings. The maximum atomic E-state index is 6.06. The van der Waals surface area contributed by atoms with Crippen LogP contribution in [0.1, 0.15) is 24.4 Å². The molecule has 0 aliphatic heterocycles. The summed E-state index contributed by atoms with van der Waals surface area (Å²) in [6, 6.07) is 13.1. The van der Waals surface area contributed by atoms with Crippen LogP contribution in [-0.2, 0) is 0 Å². The van der Waals surface area contributed by atoms with Gasteiger partial charge in [0.05, 0.1) is 7.11 Å². The van der Waals surface area contributed by atoms with Gasteiger partial charge in [-0.05, 0) is 29.7 Å². The fourth-order valence-electron chi connectivity index (χ4n) is 3.12. The van der Waals surface area contributed by atoms with Gasteiger partial charge in [0, 0.05) is 24.2 Å².